The van der Waals surface area contributed by atoms with Crippen LogP contribution in [0.3, 0.4) is 0 Å². The number of nitrogen functional groups attached to an aromatic ring is 1. The lowest BCUT2D eigenvalue weighted by Crippen LogP contribution is -2.41. The van der Waals surface area contributed by atoms with E-state index in [1.165, 1.54) is 0 Å². The minimum Gasteiger partial charge on any atom is -0.399 e. The molecule has 0 saturated carbocycles. The van der Waals surface area contributed by atoms with Gasteiger partial charge in [-0.05, 0) is 18.1 Å². The summed E-state index contributed by atoms with van der Waals surface area (Å²) in [6.07, 6.45) is 1.17. The van der Waals surface area contributed by atoms with E-state index in [1.807, 2.05) is 24.3 Å². The molecule has 1 aromatic carbocycles. The smallest absolute Gasteiger partial charge is 0.220 e. The number of nitrogens with two attached hydrogens (primary N) is 1. The van der Waals surface area contributed by atoms with Gasteiger partial charge in [-0.2, -0.15) is 0 Å². The number of carbonyl (C=O) groups excluding carboxylic acids is 1. The molecule has 0 radical (unpaired) electrons. The van der Waals surface area contributed by atoms with E-state index >= 15 is 0 Å². The molecule has 0 unspecified atom stereocenters. The summed E-state index contributed by atoms with van der Waals surface area (Å²) in [5.41, 5.74) is 7.65. The summed E-state index contributed by atoms with van der Waals surface area (Å²) in [6, 6.07) is 7.69. The van der Waals surface area contributed by atoms with Crippen LogP contribution in [-0.2, 0) is 16.0 Å². The van der Waals surface area contributed by atoms with Gasteiger partial charge in [0.2, 0.25) is 5.91 Å². The maximum atomic E-state index is 11.8. The van der Waals surface area contributed by atoms with Gasteiger partial charge in [0.05, 0.1) is 13.2 Å². The highest BCUT2D eigenvalue weighted by Gasteiger charge is 2.10. The van der Waals surface area contributed by atoms with E-state index < -0.39 is 0 Å². The van der Waals surface area contributed by atoms with E-state index in [-0.39, 0.29) is 5.91 Å². The first-order valence-electron chi connectivity index (χ1n) is 7.16. The average molecular weight is 277 g/mol. The van der Waals surface area contributed by atoms with Gasteiger partial charge in [-0.1, -0.05) is 18.2 Å². The number of morpholine rings is 1. The summed E-state index contributed by atoms with van der Waals surface area (Å²) in [7, 11) is 0. The van der Waals surface area contributed by atoms with Crippen LogP contribution in [0, 0.1) is 0 Å². The predicted molar refractivity (Wildman–Crippen MR) is 79.4 cm³/mol. The van der Waals surface area contributed by atoms with Crippen molar-refractivity contribution in [2.75, 3.05) is 45.1 Å². The van der Waals surface area contributed by atoms with Gasteiger partial charge in [-0.25, -0.2) is 0 Å². The summed E-state index contributed by atoms with van der Waals surface area (Å²) in [6.45, 7) is 5.08. The van der Waals surface area contributed by atoms with Crippen LogP contribution < -0.4 is 11.1 Å². The van der Waals surface area contributed by atoms with Crippen LogP contribution in [0.15, 0.2) is 24.3 Å². The number of aryl methyl sites for hydroxylation is 1. The number of nitrogens with zero attached hydrogens (tertiary/aromatic N) is 1. The Bertz CT molecular complexity index is 431. The second-order valence-corrected chi connectivity index (χ2v) is 5.00. The summed E-state index contributed by atoms with van der Waals surface area (Å²) in [5, 5.41) is 2.96. The molecule has 1 fully saturated rings. The fraction of sp³-hybridized carbons (Fsp3) is 0.533. The number of para-hydroxylation sites is 1. The molecule has 5 heteroatoms. The Kier molecular flexibility index (Phi) is 5.83. The van der Waals surface area contributed by atoms with Gasteiger partial charge in [-0.15, -0.1) is 0 Å². The van der Waals surface area contributed by atoms with Crippen molar-refractivity contribution in [1.29, 1.82) is 0 Å². The first-order valence-corrected chi connectivity index (χ1v) is 7.16. The fourth-order valence-corrected chi connectivity index (χ4v) is 2.28. The number of amides is 1. The molecule has 5 nitrogen and oxygen atoms in total. The first kappa shape index (κ1) is 14.8. The topological polar surface area (TPSA) is 67.6 Å². The van der Waals surface area contributed by atoms with Crippen LogP contribution in [0.1, 0.15) is 12.0 Å². The molecule has 20 heavy (non-hydrogen) atoms. The van der Waals surface area contributed by atoms with Crippen LogP contribution in [0.2, 0.25) is 0 Å². The molecule has 0 atom stereocenters. The van der Waals surface area contributed by atoms with E-state index in [9.17, 15) is 4.79 Å². The van der Waals surface area contributed by atoms with Crippen molar-refractivity contribution >= 4 is 11.6 Å². The molecule has 1 amide bonds. The van der Waals surface area contributed by atoms with Crippen LogP contribution >= 0.6 is 0 Å². The normalized spacial score (nSPS) is 16.0. The van der Waals surface area contributed by atoms with Crippen molar-refractivity contribution in [3.8, 4) is 0 Å². The third-order valence-corrected chi connectivity index (χ3v) is 3.53. The molecule has 0 aliphatic carbocycles. The van der Waals surface area contributed by atoms with Gasteiger partial charge >= 0.3 is 0 Å². The lowest BCUT2D eigenvalue weighted by atomic mass is 10.1. The van der Waals surface area contributed by atoms with Crippen molar-refractivity contribution in [2.45, 2.75) is 12.8 Å². The van der Waals surface area contributed by atoms with Crippen LogP contribution in [0.5, 0.6) is 0 Å². The zero-order valence-electron chi connectivity index (χ0n) is 11.8. The number of carbonyl (C=O) groups is 1. The van der Waals surface area contributed by atoms with Crippen LogP contribution in [-0.4, -0.2) is 50.2 Å². The van der Waals surface area contributed by atoms with Crippen molar-refractivity contribution in [2.24, 2.45) is 0 Å². The van der Waals surface area contributed by atoms with Crippen molar-refractivity contribution < 1.29 is 9.53 Å². The zero-order valence-corrected chi connectivity index (χ0v) is 11.8. The molecule has 0 bridgehead atoms. The third kappa shape index (κ3) is 4.83. The Morgan fingerprint density at radius 1 is 1.30 bits per heavy atom. The van der Waals surface area contributed by atoms with E-state index in [2.05, 4.69) is 10.2 Å². The second-order valence-electron chi connectivity index (χ2n) is 5.00. The van der Waals surface area contributed by atoms with Crippen molar-refractivity contribution in [3.63, 3.8) is 0 Å². The molecule has 2 rings (SSSR count). The van der Waals surface area contributed by atoms with Gasteiger partial charge in [0.25, 0.3) is 0 Å². The first-order chi connectivity index (χ1) is 9.75. The standard InChI is InChI=1S/C15H23N3O2/c16-14-4-2-1-3-13(14)5-6-15(19)17-7-8-18-9-11-20-12-10-18/h1-4H,5-12,16H2,(H,17,19). The maximum Gasteiger partial charge on any atom is 0.220 e. The number of hydrogen-bond donors (Lipinski definition) is 2. The van der Waals surface area contributed by atoms with Gasteiger partial charge in [-0.3, -0.25) is 9.69 Å². The Labute approximate surface area is 120 Å². The van der Waals surface area contributed by atoms with Crippen LogP contribution in [0.25, 0.3) is 0 Å². The van der Waals surface area contributed by atoms with Crippen molar-refractivity contribution in [3.05, 3.63) is 29.8 Å². The Morgan fingerprint density at radius 2 is 2.05 bits per heavy atom. The molecular weight excluding hydrogens is 254 g/mol. The highest BCUT2D eigenvalue weighted by molar-refractivity contribution is 5.76. The number of nitrogens with one attached hydrogen (secondary N) is 1. The van der Waals surface area contributed by atoms with E-state index in [0.29, 0.717) is 19.4 Å². The molecule has 0 aromatic heterocycles. The molecule has 1 aliphatic rings. The summed E-state index contributed by atoms with van der Waals surface area (Å²) in [5.74, 6) is 0.0847. The van der Waals surface area contributed by atoms with E-state index in [4.69, 9.17) is 10.5 Å². The highest BCUT2D eigenvalue weighted by Crippen LogP contribution is 2.12. The van der Waals surface area contributed by atoms with Gasteiger partial charge < -0.3 is 15.8 Å². The number of ether oxygens (including phenoxy) is 1. The van der Waals surface area contributed by atoms with Gasteiger partial charge in [0, 0.05) is 38.3 Å². The fourth-order valence-electron chi connectivity index (χ4n) is 2.28. The number of anilines is 1. The van der Waals surface area contributed by atoms with Gasteiger partial charge in [0.1, 0.15) is 0 Å². The summed E-state index contributed by atoms with van der Waals surface area (Å²) in [4.78, 5) is 14.1. The van der Waals surface area contributed by atoms with Crippen LogP contribution in [0.4, 0.5) is 5.69 Å². The lowest BCUT2D eigenvalue weighted by Gasteiger charge is -2.26. The molecule has 3 N–H and O–H groups in total. The zero-order chi connectivity index (χ0) is 14.2. The molecule has 1 aromatic rings. The maximum absolute atomic E-state index is 11.8. The van der Waals surface area contributed by atoms with Crippen molar-refractivity contribution in [1.82, 2.24) is 10.2 Å². The monoisotopic (exact) mass is 277 g/mol. The van der Waals surface area contributed by atoms with E-state index in [1.54, 1.807) is 0 Å². The Hall–Kier alpha value is -1.59. The average Bonchev–Trinajstić information content (AvgIpc) is 2.47. The Morgan fingerprint density at radius 3 is 2.80 bits per heavy atom. The second kappa shape index (κ2) is 7.87. The highest BCUT2D eigenvalue weighted by atomic mass is 16.5. The predicted octanol–water partition coefficient (Wildman–Crippen LogP) is 0.650. The SMILES string of the molecule is Nc1ccccc1CCC(=O)NCCN1CCOCC1. The number of hydrogen-bond acceptors (Lipinski definition) is 4. The minimum absolute atomic E-state index is 0.0847. The van der Waals surface area contributed by atoms with E-state index in [0.717, 1.165) is 44.1 Å². The lowest BCUT2D eigenvalue weighted by molar-refractivity contribution is -0.121. The molecular formula is C15H23N3O2. The molecule has 1 aliphatic heterocycles. The number of rotatable bonds is 6. The van der Waals surface area contributed by atoms with Gasteiger partial charge in [0.15, 0.2) is 0 Å². The molecule has 1 saturated heterocycles. The quantitative estimate of drug-likeness (QED) is 0.749. The molecule has 0 spiro atoms. The summed E-state index contributed by atoms with van der Waals surface area (Å²) >= 11 is 0. The molecule has 110 valence electrons. The largest absolute Gasteiger partial charge is 0.399 e. The Balaban J connectivity index is 1.62. The molecule has 1 heterocycles. The number of benzene rings is 1. The third-order valence-electron chi connectivity index (χ3n) is 3.53. The minimum atomic E-state index is 0.0847. The summed E-state index contributed by atoms with van der Waals surface area (Å²) < 4.78 is 5.29.